The van der Waals surface area contributed by atoms with Crippen molar-refractivity contribution in [3.05, 3.63) is 50.0 Å². The fourth-order valence-electron chi connectivity index (χ4n) is 10.3. The summed E-state index contributed by atoms with van der Waals surface area (Å²) in [6.07, 6.45) is 4.41. The lowest BCUT2D eigenvalue weighted by molar-refractivity contribution is -0.102. The second-order valence-electron chi connectivity index (χ2n) is 28.6. The number of anilines is 3. The van der Waals surface area contributed by atoms with Crippen molar-refractivity contribution in [2.24, 2.45) is 16.2 Å². The normalized spacial score (nSPS) is 24.8. The number of hydrogen-bond acceptors (Lipinski definition) is 22. The van der Waals surface area contributed by atoms with E-state index in [9.17, 15) is 28.7 Å². The van der Waals surface area contributed by atoms with Gasteiger partial charge in [0.25, 0.3) is 16.7 Å². The largest absolute Gasteiger partial charge is 0.473 e. The van der Waals surface area contributed by atoms with Crippen LogP contribution in [0.5, 0.6) is 0 Å². The molecule has 3 aliphatic rings. The Balaban J connectivity index is 0.000000185. The number of H-pyrrole nitrogens is 3. The molecule has 0 aromatic carbocycles. The molecule has 0 amide bonds. The Morgan fingerprint density at radius 1 is 0.523 bits per heavy atom. The molecule has 6 aromatic rings. The van der Waals surface area contributed by atoms with Crippen LogP contribution in [-0.4, -0.2) is 122 Å². The van der Waals surface area contributed by atoms with E-state index in [0.717, 1.165) is 6.42 Å². The molecular weight excluding hydrogens is 1180 g/mol. The molecule has 0 spiro atoms. The summed E-state index contributed by atoms with van der Waals surface area (Å²) in [5, 5.41) is 0. The summed E-state index contributed by atoms with van der Waals surface area (Å²) in [6, 6.07) is 0. The van der Waals surface area contributed by atoms with Gasteiger partial charge in [-0.3, -0.25) is 52.1 Å². The van der Waals surface area contributed by atoms with Gasteiger partial charge in [-0.25, -0.2) is 19.5 Å². The maximum absolute atomic E-state index is 12.6. The van der Waals surface area contributed by atoms with Gasteiger partial charge in [-0.1, -0.05) is 62.3 Å². The van der Waals surface area contributed by atoms with Gasteiger partial charge in [0.05, 0.1) is 72.4 Å². The summed E-state index contributed by atoms with van der Waals surface area (Å²) >= 11 is 5.25. The van der Waals surface area contributed by atoms with Gasteiger partial charge in [0.1, 0.15) is 18.7 Å². The average molecular weight is 1270 g/mol. The molecule has 9 heterocycles. The maximum Gasteiger partial charge on any atom is 0.473 e. The van der Waals surface area contributed by atoms with Crippen LogP contribution in [0.4, 0.5) is 17.8 Å². The Labute approximate surface area is 504 Å². The molecule has 3 aliphatic heterocycles. The number of nitrogens with one attached hydrogen (secondary N) is 3. The lowest BCUT2D eigenvalue weighted by atomic mass is 9.87. The van der Waals surface area contributed by atoms with Crippen LogP contribution in [-0.2, 0) is 53.4 Å². The van der Waals surface area contributed by atoms with Gasteiger partial charge in [0.2, 0.25) is 17.8 Å². The van der Waals surface area contributed by atoms with Crippen molar-refractivity contribution in [2.75, 3.05) is 17.2 Å². The molecule has 0 aliphatic carbocycles. The molecule has 0 bridgehead atoms. The van der Waals surface area contributed by atoms with Gasteiger partial charge in [-0.15, -0.1) is 0 Å². The number of rotatable bonds is 13. The first kappa shape index (κ1) is 68.4. The molecule has 6 aromatic heterocycles. The molecule has 32 heteroatoms. The number of aromatic nitrogens is 12. The molecule has 0 radical (unpaired) electrons. The van der Waals surface area contributed by atoms with E-state index in [2.05, 4.69) is 86.4 Å². The van der Waals surface area contributed by atoms with Crippen molar-refractivity contribution in [1.82, 2.24) is 58.6 Å². The number of phosphoric ester groups is 1. The highest BCUT2D eigenvalue weighted by Gasteiger charge is 2.46. The van der Waals surface area contributed by atoms with Gasteiger partial charge < -0.3 is 55.0 Å². The number of phosphoric acid groups is 1. The van der Waals surface area contributed by atoms with Gasteiger partial charge in [0, 0.05) is 19.3 Å². The van der Waals surface area contributed by atoms with E-state index in [1.807, 2.05) is 41.5 Å². The fraction of sp³-hybridized carbons (Fsp3) is 0.722. The molecule has 0 saturated carbocycles. The molecular formula is C54H89N15O14P2S. The molecule has 2 unspecified atom stereocenters. The first-order chi connectivity index (χ1) is 39.2. The van der Waals surface area contributed by atoms with E-state index in [-0.39, 0.29) is 98.4 Å². The Hall–Kier alpha value is -5.07. The first-order valence-corrected chi connectivity index (χ1v) is 32.5. The van der Waals surface area contributed by atoms with E-state index in [0.29, 0.717) is 37.0 Å². The van der Waals surface area contributed by atoms with E-state index < -0.39 is 67.6 Å². The van der Waals surface area contributed by atoms with Gasteiger partial charge >= 0.3 is 14.5 Å². The number of aromatic amines is 3. The number of hydrogen-bond donors (Lipinski definition) is 8. The summed E-state index contributed by atoms with van der Waals surface area (Å²) in [5.74, 6) is 0.0245. The third kappa shape index (κ3) is 18.7. The zero-order chi connectivity index (χ0) is 64.2. The molecule has 480 valence electrons. The number of nitrogens with two attached hydrogens (primary N) is 3. The summed E-state index contributed by atoms with van der Waals surface area (Å²) < 4.78 is 64.9. The van der Waals surface area contributed by atoms with Gasteiger partial charge in [0.15, 0.2) is 33.5 Å². The Kier molecular flexibility index (Phi) is 19.9. The molecule has 29 nitrogen and oxygen atoms in total. The van der Waals surface area contributed by atoms with E-state index >= 15 is 0 Å². The Morgan fingerprint density at radius 2 is 0.826 bits per heavy atom. The zero-order valence-electron chi connectivity index (χ0n) is 52.5. The second-order valence-corrected chi connectivity index (χ2v) is 32.7. The molecule has 86 heavy (non-hydrogen) atoms. The Morgan fingerprint density at radius 3 is 1.13 bits per heavy atom. The maximum atomic E-state index is 12.6. The molecule has 3 saturated heterocycles. The SMILES string of the molecule is CC(C)(C)C[C@H]1O[C@@H](n2cnc3c(=O)[nH]c(N)nc32)C[C@H]1OC(C)(C)C.CC(C)(C)C[C@H]1O[C@@H](n2cnc3c(=O)[nH]c(N)nc32)C[C@H]1OP(=O)(O)OC(C)(C)C.CC(C)(C)C[C@H]1O[C@@H](n2cnc3c(=O)[nH]c(N)nc32)C[C@H]1OP(O)(=S)OC(C)(C)C. The fourth-order valence-corrected chi connectivity index (χ4v) is 13.9. The molecule has 9 rings (SSSR count). The van der Waals surface area contributed by atoms with Crippen LogP contribution in [0.1, 0.15) is 182 Å². The summed E-state index contributed by atoms with van der Waals surface area (Å²) in [5.41, 5.74) is 15.6. The number of imidazole rings is 3. The lowest BCUT2D eigenvalue weighted by Crippen LogP contribution is -2.35. The van der Waals surface area contributed by atoms with E-state index in [1.165, 1.54) is 12.7 Å². The van der Waals surface area contributed by atoms with Crippen molar-refractivity contribution >= 4 is 77.7 Å². The average Bonchev–Trinajstić information content (AvgIpc) is 1.70. The van der Waals surface area contributed by atoms with Crippen LogP contribution in [0, 0.1) is 16.2 Å². The molecule has 11 atom stereocenters. The van der Waals surface area contributed by atoms with Crippen LogP contribution in [0.25, 0.3) is 33.5 Å². The highest BCUT2D eigenvalue weighted by molar-refractivity contribution is 8.07. The number of nitrogens with zero attached hydrogens (tertiary/aromatic N) is 9. The van der Waals surface area contributed by atoms with Crippen molar-refractivity contribution in [1.29, 1.82) is 0 Å². The smallest absolute Gasteiger partial charge is 0.370 e. The predicted molar refractivity (Wildman–Crippen MR) is 328 cm³/mol. The molecule has 3 fully saturated rings. The third-order valence-corrected chi connectivity index (χ3v) is 16.2. The van der Waals surface area contributed by atoms with E-state index in [1.54, 1.807) is 61.6 Å². The minimum Gasteiger partial charge on any atom is -0.370 e. The monoisotopic (exact) mass is 1270 g/mol. The van der Waals surface area contributed by atoms with Crippen molar-refractivity contribution in [2.45, 2.75) is 235 Å². The predicted octanol–water partition coefficient (Wildman–Crippen LogP) is 8.18. The van der Waals surface area contributed by atoms with Crippen LogP contribution in [0.2, 0.25) is 0 Å². The first-order valence-electron chi connectivity index (χ1n) is 28.4. The zero-order valence-corrected chi connectivity index (χ0v) is 55.1. The minimum absolute atomic E-state index is 0.00396. The van der Waals surface area contributed by atoms with Crippen molar-refractivity contribution < 1.29 is 51.4 Å². The minimum atomic E-state index is -4.33. The lowest BCUT2D eigenvalue weighted by Gasteiger charge is -2.31. The standard InChI is InChI=1S/C18H30N5O6P.C18H30N5O5PS.C18H29N5O3/c1-17(2,3)8-11-10(28-30(25,26)29-18(4,5)6)7-12(27-11)23-9-20-13-14(23)21-16(19)22-15(13)24;1-17(2,3)8-11-10(27-29(25,30)28-18(4,5)6)7-12(26-11)23-9-20-13-14(23)21-16(19)22-15(13)24;1-17(2,3)8-11-10(26-18(4,5)6)7-12(25-11)23-9-20-13-14(23)21-16(19)22-15(13)24/h9-12H,7-8H2,1-6H3,(H,25,26)(H3,19,21,22,24);9-12H,7-8H2,1-6H3,(H,25,30)(H3,19,21,22,24);9-12H,7-8H2,1-6H3,(H3,19,21,22,24)/t10-,11-,12-;10-,11-,12-,29?;10-,11-,12-/m111/s1. The van der Waals surface area contributed by atoms with E-state index in [4.69, 9.17) is 66.1 Å². The van der Waals surface area contributed by atoms with Crippen LogP contribution < -0.4 is 33.9 Å². The second kappa shape index (κ2) is 25.1. The van der Waals surface area contributed by atoms with Gasteiger partial charge in [-0.2, -0.15) is 15.0 Å². The summed E-state index contributed by atoms with van der Waals surface area (Å²) in [7, 11) is -4.33. The van der Waals surface area contributed by atoms with Crippen LogP contribution in [0.15, 0.2) is 33.4 Å². The molecule has 11 N–H and O–H groups in total. The van der Waals surface area contributed by atoms with Gasteiger partial charge in [-0.05, 0) is 110 Å². The Bertz CT molecular complexity index is 3450. The number of fused-ring (bicyclic) bond motifs is 3. The number of nitrogen functional groups attached to an aromatic ring is 3. The summed E-state index contributed by atoms with van der Waals surface area (Å²) in [6.45, 7) is 32.0. The summed E-state index contributed by atoms with van der Waals surface area (Å²) in [4.78, 5) is 89.4. The quantitative estimate of drug-likeness (QED) is 0.0505. The van der Waals surface area contributed by atoms with Crippen LogP contribution in [0.3, 0.4) is 0 Å². The van der Waals surface area contributed by atoms with Crippen molar-refractivity contribution in [3.8, 4) is 0 Å². The third-order valence-electron chi connectivity index (χ3n) is 13.1. The van der Waals surface area contributed by atoms with Crippen molar-refractivity contribution in [3.63, 3.8) is 0 Å². The topological polar surface area (TPSA) is 400 Å². The highest BCUT2D eigenvalue weighted by Crippen LogP contribution is 2.54. The van der Waals surface area contributed by atoms with Crippen LogP contribution >= 0.6 is 14.5 Å². The number of ether oxygens (including phenoxy) is 4. The highest BCUT2D eigenvalue weighted by atomic mass is 32.5.